The van der Waals surface area contributed by atoms with Crippen molar-refractivity contribution < 1.29 is 9.53 Å². The molecule has 0 spiro atoms. The first-order valence-electron chi connectivity index (χ1n) is 7.26. The molecule has 0 aliphatic rings. The van der Waals surface area contributed by atoms with Gasteiger partial charge in [0.25, 0.3) is 5.91 Å². The molecule has 0 bridgehead atoms. The third-order valence-corrected chi connectivity index (χ3v) is 3.90. The molecule has 0 saturated carbocycles. The number of methoxy groups -OCH3 is 1. The molecule has 1 amide bonds. The van der Waals surface area contributed by atoms with Crippen molar-refractivity contribution in [3.63, 3.8) is 0 Å². The number of hydrogen-bond acceptors (Lipinski definition) is 2. The molecule has 0 aliphatic heterocycles. The Kier molecular flexibility index (Phi) is 5.45. The Bertz CT molecular complexity index is 653. The maximum absolute atomic E-state index is 12.4. The molecule has 0 fully saturated rings. The molecule has 3 nitrogen and oxygen atoms in total. The minimum Gasteiger partial charge on any atom is -0.495 e. The quantitative estimate of drug-likeness (QED) is 0.879. The number of nitrogens with one attached hydrogen (secondary N) is 1. The van der Waals surface area contributed by atoms with Crippen molar-refractivity contribution in [1.29, 1.82) is 0 Å². The molecule has 1 atom stereocenters. The fourth-order valence-electron chi connectivity index (χ4n) is 2.27. The summed E-state index contributed by atoms with van der Waals surface area (Å²) in [6.07, 6.45) is 0.818. The predicted molar refractivity (Wildman–Crippen MR) is 89.7 cm³/mol. The Hall–Kier alpha value is -2.00. The minimum absolute atomic E-state index is 0.0195. The van der Waals surface area contributed by atoms with Crippen LogP contribution in [0.5, 0.6) is 5.75 Å². The lowest BCUT2D eigenvalue weighted by Crippen LogP contribution is -2.28. The van der Waals surface area contributed by atoms with Crippen molar-refractivity contribution in [2.24, 2.45) is 0 Å². The van der Waals surface area contributed by atoms with Gasteiger partial charge >= 0.3 is 0 Å². The fraction of sp³-hybridized carbons (Fsp3) is 0.278. The van der Waals surface area contributed by atoms with E-state index in [-0.39, 0.29) is 11.9 Å². The summed E-state index contributed by atoms with van der Waals surface area (Å²) in [4.78, 5) is 12.4. The van der Waals surface area contributed by atoms with E-state index in [4.69, 9.17) is 16.3 Å². The first-order valence-corrected chi connectivity index (χ1v) is 7.64. The van der Waals surface area contributed by atoms with E-state index in [1.54, 1.807) is 25.3 Å². The number of ether oxygens (including phenoxy) is 1. The molecule has 22 heavy (non-hydrogen) atoms. The van der Waals surface area contributed by atoms with E-state index in [9.17, 15) is 4.79 Å². The highest BCUT2D eigenvalue weighted by Crippen LogP contribution is 2.25. The number of halogens is 1. The van der Waals surface area contributed by atoms with Crippen molar-refractivity contribution >= 4 is 17.5 Å². The Morgan fingerprint density at radius 3 is 2.45 bits per heavy atom. The van der Waals surface area contributed by atoms with Crippen molar-refractivity contribution in [1.82, 2.24) is 5.32 Å². The van der Waals surface area contributed by atoms with Gasteiger partial charge in [-0.05, 0) is 37.1 Å². The van der Waals surface area contributed by atoms with Crippen LogP contribution in [0.1, 0.15) is 40.9 Å². The summed E-state index contributed by atoms with van der Waals surface area (Å²) in [5.41, 5.74) is 2.82. The minimum atomic E-state index is -0.142. The molecule has 2 rings (SSSR count). The monoisotopic (exact) mass is 317 g/mol. The lowest BCUT2D eigenvalue weighted by atomic mass is 10.0. The third-order valence-electron chi connectivity index (χ3n) is 3.61. The van der Waals surface area contributed by atoms with Gasteiger partial charge in [0.15, 0.2) is 0 Å². The van der Waals surface area contributed by atoms with Crippen LogP contribution < -0.4 is 10.1 Å². The smallest absolute Gasteiger partial charge is 0.251 e. The first-order chi connectivity index (χ1) is 10.5. The van der Waals surface area contributed by atoms with Crippen LogP contribution in [0.25, 0.3) is 0 Å². The SMILES string of the molecule is CC[C@H](NC(=O)c1ccc(OC)c(Cl)c1)c1ccc(C)cc1. The van der Waals surface area contributed by atoms with Crippen molar-refractivity contribution in [3.05, 3.63) is 64.2 Å². The van der Waals surface area contributed by atoms with Crippen LogP contribution >= 0.6 is 11.6 Å². The van der Waals surface area contributed by atoms with Gasteiger partial charge in [0.05, 0.1) is 18.2 Å². The number of aryl methyl sites for hydroxylation is 1. The highest BCUT2D eigenvalue weighted by atomic mass is 35.5. The highest BCUT2D eigenvalue weighted by Gasteiger charge is 2.15. The molecule has 0 heterocycles. The maximum atomic E-state index is 12.4. The average molecular weight is 318 g/mol. The summed E-state index contributed by atoms with van der Waals surface area (Å²) >= 11 is 6.07. The molecule has 116 valence electrons. The maximum Gasteiger partial charge on any atom is 0.251 e. The van der Waals surface area contributed by atoms with Gasteiger partial charge in [-0.2, -0.15) is 0 Å². The van der Waals surface area contributed by atoms with Gasteiger partial charge in [-0.3, -0.25) is 4.79 Å². The van der Waals surface area contributed by atoms with Gasteiger partial charge in [-0.25, -0.2) is 0 Å². The van der Waals surface area contributed by atoms with E-state index in [0.29, 0.717) is 16.3 Å². The van der Waals surface area contributed by atoms with Gasteiger partial charge in [-0.15, -0.1) is 0 Å². The summed E-state index contributed by atoms with van der Waals surface area (Å²) in [6.45, 7) is 4.09. The standard InChI is InChI=1S/C18H20ClNO2/c1-4-16(13-7-5-12(2)6-8-13)20-18(21)14-9-10-17(22-3)15(19)11-14/h5-11,16H,4H2,1-3H3,(H,20,21)/t16-/m0/s1. The average Bonchev–Trinajstić information content (AvgIpc) is 2.53. The molecule has 4 heteroatoms. The summed E-state index contributed by atoms with van der Waals surface area (Å²) < 4.78 is 5.10. The normalized spacial score (nSPS) is 11.8. The van der Waals surface area contributed by atoms with E-state index >= 15 is 0 Å². The second-order valence-electron chi connectivity index (χ2n) is 5.19. The zero-order chi connectivity index (χ0) is 16.1. The van der Waals surface area contributed by atoms with Gasteiger partial charge < -0.3 is 10.1 Å². The number of amides is 1. The number of hydrogen-bond donors (Lipinski definition) is 1. The molecule has 2 aromatic carbocycles. The summed E-state index contributed by atoms with van der Waals surface area (Å²) in [6, 6.07) is 13.2. The Balaban J connectivity index is 2.15. The number of benzene rings is 2. The molecule has 2 aromatic rings. The number of carbonyl (C=O) groups excluding carboxylic acids is 1. The molecule has 0 aliphatic carbocycles. The second-order valence-corrected chi connectivity index (χ2v) is 5.60. The fourth-order valence-corrected chi connectivity index (χ4v) is 2.53. The zero-order valence-electron chi connectivity index (χ0n) is 13.0. The van der Waals surface area contributed by atoms with Crippen LogP contribution in [-0.2, 0) is 0 Å². The van der Waals surface area contributed by atoms with Gasteiger partial charge in [0, 0.05) is 5.56 Å². The van der Waals surface area contributed by atoms with Crippen LogP contribution in [-0.4, -0.2) is 13.0 Å². The Labute approximate surface area is 136 Å². The third kappa shape index (κ3) is 3.80. The molecule has 0 aromatic heterocycles. The summed E-state index contributed by atoms with van der Waals surface area (Å²) in [5, 5.41) is 3.47. The van der Waals surface area contributed by atoms with Crippen molar-refractivity contribution in [3.8, 4) is 5.75 Å². The van der Waals surface area contributed by atoms with Crippen molar-refractivity contribution in [2.45, 2.75) is 26.3 Å². The highest BCUT2D eigenvalue weighted by molar-refractivity contribution is 6.32. The topological polar surface area (TPSA) is 38.3 Å². The largest absolute Gasteiger partial charge is 0.495 e. The molecule has 1 N–H and O–H groups in total. The predicted octanol–water partition coefficient (Wildman–Crippen LogP) is 4.54. The van der Waals surface area contributed by atoms with Gasteiger partial charge in [0.1, 0.15) is 5.75 Å². The van der Waals surface area contributed by atoms with Crippen molar-refractivity contribution in [2.75, 3.05) is 7.11 Å². The first kappa shape index (κ1) is 16.4. The summed E-state index contributed by atoms with van der Waals surface area (Å²) in [7, 11) is 1.55. The van der Waals surface area contributed by atoms with Crippen LogP contribution in [0.2, 0.25) is 5.02 Å². The molecule has 0 unspecified atom stereocenters. The Morgan fingerprint density at radius 2 is 1.91 bits per heavy atom. The van der Waals surface area contributed by atoms with Crippen LogP contribution in [0, 0.1) is 6.92 Å². The zero-order valence-corrected chi connectivity index (χ0v) is 13.8. The molecular weight excluding hydrogens is 298 g/mol. The lowest BCUT2D eigenvalue weighted by Gasteiger charge is -2.18. The number of carbonyl (C=O) groups is 1. The molecular formula is C18H20ClNO2. The summed E-state index contributed by atoms with van der Waals surface area (Å²) in [5.74, 6) is 0.417. The van der Waals surface area contributed by atoms with E-state index < -0.39 is 0 Å². The van der Waals surface area contributed by atoms with Crippen LogP contribution in [0.4, 0.5) is 0 Å². The van der Waals surface area contributed by atoms with E-state index in [2.05, 4.69) is 5.32 Å². The lowest BCUT2D eigenvalue weighted by molar-refractivity contribution is 0.0935. The van der Waals surface area contributed by atoms with E-state index in [1.807, 2.05) is 38.1 Å². The second kappa shape index (κ2) is 7.32. The van der Waals surface area contributed by atoms with Gasteiger partial charge in [0.2, 0.25) is 0 Å². The Morgan fingerprint density at radius 1 is 1.23 bits per heavy atom. The molecule has 0 saturated heterocycles. The van der Waals surface area contributed by atoms with Gasteiger partial charge in [-0.1, -0.05) is 48.4 Å². The molecule has 0 radical (unpaired) electrons. The van der Waals surface area contributed by atoms with E-state index in [1.165, 1.54) is 5.56 Å². The van der Waals surface area contributed by atoms with E-state index in [0.717, 1.165) is 12.0 Å². The van der Waals surface area contributed by atoms with Crippen LogP contribution in [0.3, 0.4) is 0 Å². The number of rotatable bonds is 5. The van der Waals surface area contributed by atoms with Crippen LogP contribution in [0.15, 0.2) is 42.5 Å².